The Bertz CT molecular complexity index is 325. The van der Waals surface area contributed by atoms with Crippen molar-refractivity contribution in [1.29, 1.82) is 0 Å². The van der Waals surface area contributed by atoms with Crippen molar-refractivity contribution in [3.05, 3.63) is 34.3 Å². The molecule has 0 bridgehead atoms. The normalized spacial score (nSPS) is 19.6. The van der Waals surface area contributed by atoms with E-state index in [2.05, 4.69) is 52.4 Å². The average molecular weight is 282 g/mol. The van der Waals surface area contributed by atoms with Crippen molar-refractivity contribution in [2.75, 3.05) is 0 Å². The standard InChI is InChI=1S/C14H20BrN/c1-14(9-3-2-4-10-14)16-11-12-5-7-13(15)8-6-12/h5-8,16H,2-4,9-11H2,1H3. The molecular weight excluding hydrogens is 262 g/mol. The molecule has 1 aliphatic rings. The third kappa shape index (κ3) is 3.33. The van der Waals surface area contributed by atoms with Crippen molar-refractivity contribution >= 4 is 15.9 Å². The number of halogens is 1. The van der Waals surface area contributed by atoms with E-state index in [-0.39, 0.29) is 0 Å². The number of rotatable bonds is 3. The lowest BCUT2D eigenvalue weighted by Crippen LogP contribution is -2.43. The number of benzene rings is 1. The summed E-state index contributed by atoms with van der Waals surface area (Å²) in [6.45, 7) is 3.36. The van der Waals surface area contributed by atoms with Gasteiger partial charge in [0, 0.05) is 16.6 Å². The van der Waals surface area contributed by atoms with Crippen molar-refractivity contribution in [3.8, 4) is 0 Å². The Morgan fingerprint density at radius 1 is 1.12 bits per heavy atom. The highest BCUT2D eigenvalue weighted by Crippen LogP contribution is 2.27. The lowest BCUT2D eigenvalue weighted by Gasteiger charge is -2.34. The van der Waals surface area contributed by atoms with Crippen LogP contribution in [-0.4, -0.2) is 5.54 Å². The zero-order valence-electron chi connectivity index (χ0n) is 9.93. The highest BCUT2D eigenvalue weighted by Gasteiger charge is 2.25. The Morgan fingerprint density at radius 3 is 2.38 bits per heavy atom. The van der Waals surface area contributed by atoms with Crippen LogP contribution in [0.25, 0.3) is 0 Å². The molecule has 16 heavy (non-hydrogen) atoms. The maximum Gasteiger partial charge on any atom is 0.0210 e. The number of nitrogens with one attached hydrogen (secondary N) is 1. The fourth-order valence-corrected chi connectivity index (χ4v) is 2.69. The minimum absolute atomic E-state index is 0.366. The molecule has 2 heteroatoms. The molecule has 1 saturated carbocycles. The number of hydrogen-bond donors (Lipinski definition) is 1. The van der Waals surface area contributed by atoms with Crippen LogP contribution >= 0.6 is 15.9 Å². The predicted octanol–water partition coefficient (Wildman–Crippen LogP) is 4.26. The number of hydrogen-bond acceptors (Lipinski definition) is 1. The van der Waals surface area contributed by atoms with E-state index in [9.17, 15) is 0 Å². The minimum atomic E-state index is 0.366. The molecule has 1 aromatic carbocycles. The molecule has 0 aliphatic heterocycles. The molecule has 1 aromatic rings. The molecule has 0 saturated heterocycles. The average Bonchev–Trinajstić information content (AvgIpc) is 2.29. The van der Waals surface area contributed by atoms with E-state index in [0.717, 1.165) is 11.0 Å². The minimum Gasteiger partial charge on any atom is -0.307 e. The molecule has 0 heterocycles. The highest BCUT2D eigenvalue weighted by molar-refractivity contribution is 9.10. The van der Waals surface area contributed by atoms with E-state index in [1.807, 2.05) is 0 Å². The van der Waals surface area contributed by atoms with Gasteiger partial charge in [0.1, 0.15) is 0 Å². The van der Waals surface area contributed by atoms with Crippen molar-refractivity contribution in [2.45, 2.75) is 51.1 Å². The summed E-state index contributed by atoms with van der Waals surface area (Å²) in [6, 6.07) is 8.59. The molecule has 0 amide bonds. The smallest absolute Gasteiger partial charge is 0.0210 e. The first-order valence-electron chi connectivity index (χ1n) is 6.17. The first-order chi connectivity index (χ1) is 7.68. The second-order valence-corrected chi connectivity index (χ2v) is 6.02. The van der Waals surface area contributed by atoms with Gasteiger partial charge in [-0.1, -0.05) is 47.3 Å². The Morgan fingerprint density at radius 2 is 1.75 bits per heavy atom. The first kappa shape index (κ1) is 12.1. The van der Waals surface area contributed by atoms with Gasteiger partial charge < -0.3 is 5.32 Å². The van der Waals surface area contributed by atoms with Crippen LogP contribution in [0.1, 0.15) is 44.6 Å². The van der Waals surface area contributed by atoms with Crippen LogP contribution in [-0.2, 0) is 6.54 Å². The van der Waals surface area contributed by atoms with Crippen molar-refractivity contribution in [3.63, 3.8) is 0 Å². The van der Waals surface area contributed by atoms with Gasteiger partial charge in [0.05, 0.1) is 0 Å². The molecule has 1 N–H and O–H groups in total. The molecule has 0 aromatic heterocycles. The quantitative estimate of drug-likeness (QED) is 0.873. The molecule has 2 rings (SSSR count). The third-order valence-electron chi connectivity index (χ3n) is 3.59. The topological polar surface area (TPSA) is 12.0 Å². The summed E-state index contributed by atoms with van der Waals surface area (Å²) in [7, 11) is 0. The van der Waals surface area contributed by atoms with E-state index in [4.69, 9.17) is 0 Å². The van der Waals surface area contributed by atoms with Gasteiger partial charge >= 0.3 is 0 Å². The summed E-state index contributed by atoms with van der Waals surface area (Å²) in [6.07, 6.45) is 6.82. The van der Waals surface area contributed by atoms with Gasteiger partial charge in [-0.15, -0.1) is 0 Å². The molecule has 1 fully saturated rings. The second kappa shape index (κ2) is 5.33. The molecule has 88 valence electrons. The highest BCUT2D eigenvalue weighted by atomic mass is 79.9. The summed E-state index contributed by atoms with van der Waals surface area (Å²) in [5.41, 5.74) is 1.74. The summed E-state index contributed by atoms with van der Waals surface area (Å²) in [5, 5.41) is 3.72. The van der Waals surface area contributed by atoms with Crippen LogP contribution in [0, 0.1) is 0 Å². The fourth-order valence-electron chi connectivity index (χ4n) is 2.43. The van der Waals surface area contributed by atoms with Crippen molar-refractivity contribution < 1.29 is 0 Å². The summed E-state index contributed by atoms with van der Waals surface area (Å²) in [5.74, 6) is 0. The van der Waals surface area contributed by atoms with E-state index in [0.29, 0.717) is 5.54 Å². The van der Waals surface area contributed by atoms with Gasteiger partial charge in [0.2, 0.25) is 0 Å². The summed E-state index contributed by atoms with van der Waals surface area (Å²) >= 11 is 3.46. The van der Waals surface area contributed by atoms with E-state index in [1.165, 1.54) is 37.7 Å². The molecule has 0 unspecified atom stereocenters. The largest absolute Gasteiger partial charge is 0.307 e. The molecule has 1 nitrogen and oxygen atoms in total. The zero-order valence-corrected chi connectivity index (χ0v) is 11.5. The van der Waals surface area contributed by atoms with Gasteiger partial charge in [-0.05, 0) is 37.5 Å². The maximum atomic E-state index is 3.72. The van der Waals surface area contributed by atoms with Crippen LogP contribution in [0.2, 0.25) is 0 Å². The van der Waals surface area contributed by atoms with Crippen LogP contribution in [0.4, 0.5) is 0 Å². The molecular formula is C14H20BrN. The van der Waals surface area contributed by atoms with Crippen molar-refractivity contribution in [1.82, 2.24) is 5.32 Å². The lowest BCUT2D eigenvalue weighted by atomic mass is 9.83. The summed E-state index contributed by atoms with van der Waals surface area (Å²) < 4.78 is 1.15. The predicted molar refractivity (Wildman–Crippen MR) is 72.5 cm³/mol. The van der Waals surface area contributed by atoms with Crippen molar-refractivity contribution in [2.24, 2.45) is 0 Å². The molecule has 1 aliphatic carbocycles. The van der Waals surface area contributed by atoms with Gasteiger partial charge in [-0.25, -0.2) is 0 Å². The fraction of sp³-hybridized carbons (Fsp3) is 0.571. The third-order valence-corrected chi connectivity index (χ3v) is 4.12. The van der Waals surface area contributed by atoms with E-state index >= 15 is 0 Å². The Hall–Kier alpha value is -0.340. The maximum absolute atomic E-state index is 3.72. The van der Waals surface area contributed by atoms with Crippen LogP contribution in [0.3, 0.4) is 0 Å². The van der Waals surface area contributed by atoms with Gasteiger partial charge in [0.15, 0.2) is 0 Å². The Balaban J connectivity index is 1.88. The summed E-state index contributed by atoms with van der Waals surface area (Å²) in [4.78, 5) is 0. The van der Waals surface area contributed by atoms with Crippen LogP contribution in [0.5, 0.6) is 0 Å². The Labute approximate surface area is 107 Å². The van der Waals surface area contributed by atoms with E-state index in [1.54, 1.807) is 0 Å². The van der Waals surface area contributed by atoms with E-state index < -0.39 is 0 Å². The van der Waals surface area contributed by atoms with Gasteiger partial charge in [-0.3, -0.25) is 0 Å². The Kier molecular flexibility index (Phi) is 4.04. The van der Waals surface area contributed by atoms with Crippen LogP contribution in [0.15, 0.2) is 28.7 Å². The van der Waals surface area contributed by atoms with Gasteiger partial charge in [0.25, 0.3) is 0 Å². The monoisotopic (exact) mass is 281 g/mol. The molecule has 0 atom stereocenters. The molecule has 0 radical (unpaired) electrons. The second-order valence-electron chi connectivity index (χ2n) is 5.10. The molecule has 0 spiro atoms. The zero-order chi connectivity index (χ0) is 11.4. The van der Waals surface area contributed by atoms with Gasteiger partial charge in [-0.2, -0.15) is 0 Å². The first-order valence-corrected chi connectivity index (χ1v) is 6.97. The lowest BCUT2D eigenvalue weighted by molar-refractivity contribution is 0.252. The van der Waals surface area contributed by atoms with Crippen LogP contribution < -0.4 is 5.32 Å². The SMILES string of the molecule is CC1(NCc2ccc(Br)cc2)CCCCC1.